The Bertz CT molecular complexity index is 704. The number of nitrogens with two attached hydrogens (primary N) is 1. The second-order valence-electron chi connectivity index (χ2n) is 5.16. The highest BCUT2D eigenvalue weighted by Gasteiger charge is 2.15. The number of anilines is 2. The zero-order valence-electron chi connectivity index (χ0n) is 13.2. The van der Waals surface area contributed by atoms with Crippen molar-refractivity contribution in [3.05, 3.63) is 47.4 Å². The van der Waals surface area contributed by atoms with Gasteiger partial charge in [-0.3, -0.25) is 4.79 Å². The topological polar surface area (TPSA) is 77.2 Å². The number of aromatic nitrogens is 1. The Labute approximate surface area is 134 Å². The van der Waals surface area contributed by atoms with Crippen LogP contribution in [0.3, 0.4) is 0 Å². The zero-order valence-corrected chi connectivity index (χ0v) is 13.2. The fourth-order valence-electron chi connectivity index (χ4n) is 2.00. The molecule has 0 saturated heterocycles. The number of nitrogen functional groups attached to an aromatic ring is 1. The molecule has 0 saturated carbocycles. The second-order valence-corrected chi connectivity index (χ2v) is 5.16. The second kappa shape index (κ2) is 7.58. The van der Waals surface area contributed by atoms with Crippen LogP contribution in [0.2, 0.25) is 0 Å². The van der Waals surface area contributed by atoms with E-state index in [1.807, 2.05) is 6.92 Å². The predicted octanol–water partition coefficient (Wildman–Crippen LogP) is 3.54. The van der Waals surface area contributed by atoms with E-state index >= 15 is 0 Å². The average Bonchev–Trinajstić information content (AvgIpc) is 2.51. The number of rotatable bonds is 6. The first-order chi connectivity index (χ1) is 11.0. The van der Waals surface area contributed by atoms with E-state index in [9.17, 15) is 9.18 Å². The number of aryl methyl sites for hydroxylation is 1. The van der Waals surface area contributed by atoms with E-state index in [4.69, 9.17) is 10.5 Å². The molecule has 0 spiro atoms. The summed E-state index contributed by atoms with van der Waals surface area (Å²) in [5, 5.41) is 2.50. The van der Waals surface area contributed by atoms with E-state index < -0.39 is 11.7 Å². The molecule has 1 aromatic heterocycles. The van der Waals surface area contributed by atoms with Gasteiger partial charge in [-0.1, -0.05) is 19.4 Å². The van der Waals surface area contributed by atoms with E-state index in [2.05, 4.69) is 10.3 Å². The summed E-state index contributed by atoms with van der Waals surface area (Å²) in [6, 6.07) is 7.86. The summed E-state index contributed by atoms with van der Waals surface area (Å²) in [5.41, 5.74) is 6.69. The largest absolute Gasteiger partial charge is 0.490 e. The van der Waals surface area contributed by atoms with Crippen molar-refractivity contribution < 1.29 is 13.9 Å². The van der Waals surface area contributed by atoms with Crippen molar-refractivity contribution in [3.63, 3.8) is 0 Å². The number of carbonyl (C=O) groups is 1. The predicted molar refractivity (Wildman–Crippen MR) is 88.1 cm³/mol. The Balaban J connectivity index is 2.16. The van der Waals surface area contributed by atoms with Gasteiger partial charge in [0.05, 0.1) is 17.9 Å². The van der Waals surface area contributed by atoms with Crippen molar-refractivity contribution in [1.82, 2.24) is 4.98 Å². The van der Waals surface area contributed by atoms with Crippen LogP contribution >= 0.6 is 0 Å². The molecule has 0 aliphatic rings. The Morgan fingerprint density at radius 3 is 2.83 bits per heavy atom. The highest BCUT2D eigenvalue weighted by molar-refractivity contribution is 6.07. The van der Waals surface area contributed by atoms with E-state index in [0.717, 1.165) is 12.8 Å². The van der Waals surface area contributed by atoms with Crippen LogP contribution in [0.15, 0.2) is 30.3 Å². The number of halogens is 1. The molecule has 1 aromatic carbocycles. The molecular weight excluding hydrogens is 297 g/mol. The van der Waals surface area contributed by atoms with Gasteiger partial charge in [0.1, 0.15) is 5.82 Å². The van der Waals surface area contributed by atoms with Crippen molar-refractivity contribution in [2.24, 2.45) is 0 Å². The zero-order chi connectivity index (χ0) is 16.8. The Hall–Kier alpha value is -2.63. The van der Waals surface area contributed by atoms with Gasteiger partial charge in [-0.05, 0) is 37.6 Å². The van der Waals surface area contributed by atoms with Gasteiger partial charge in [0.25, 0.3) is 5.91 Å². The number of unbranched alkanes of at least 4 members (excludes halogenated alkanes) is 1. The molecule has 1 heterocycles. The van der Waals surface area contributed by atoms with Crippen LogP contribution in [0.4, 0.5) is 15.9 Å². The number of nitrogens with one attached hydrogen (secondary N) is 1. The molecule has 23 heavy (non-hydrogen) atoms. The lowest BCUT2D eigenvalue weighted by Crippen LogP contribution is -2.16. The van der Waals surface area contributed by atoms with Crippen molar-refractivity contribution in [1.29, 1.82) is 0 Å². The van der Waals surface area contributed by atoms with Crippen LogP contribution in [0.1, 0.15) is 35.8 Å². The molecule has 0 aliphatic carbocycles. The number of pyridine rings is 1. The maximum absolute atomic E-state index is 14.4. The minimum Gasteiger partial charge on any atom is -0.490 e. The smallest absolute Gasteiger partial charge is 0.259 e. The monoisotopic (exact) mass is 317 g/mol. The van der Waals surface area contributed by atoms with Crippen LogP contribution in [-0.4, -0.2) is 17.5 Å². The Kier molecular flexibility index (Phi) is 5.51. The van der Waals surface area contributed by atoms with Gasteiger partial charge >= 0.3 is 0 Å². The van der Waals surface area contributed by atoms with Gasteiger partial charge in [-0.2, -0.15) is 0 Å². The number of hydrogen-bond acceptors (Lipinski definition) is 4. The lowest BCUT2D eigenvalue weighted by molar-refractivity contribution is 0.102. The molecule has 122 valence electrons. The summed E-state index contributed by atoms with van der Waals surface area (Å²) in [5.74, 6) is -0.889. The molecule has 0 aliphatic heterocycles. The maximum atomic E-state index is 14.4. The molecule has 2 rings (SSSR count). The minimum absolute atomic E-state index is 0.0453. The number of hydrogen-bond donors (Lipinski definition) is 2. The first kappa shape index (κ1) is 16.7. The number of ether oxygens (including phenoxy) is 1. The Morgan fingerprint density at radius 2 is 2.13 bits per heavy atom. The lowest BCUT2D eigenvalue weighted by Gasteiger charge is -2.11. The number of amides is 1. The van der Waals surface area contributed by atoms with Crippen molar-refractivity contribution >= 4 is 17.4 Å². The molecule has 6 heteroatoms. The van der Waals surface area contributed by atoms with Crippen LogP contribution in [0, 0.1) is 12.7 Å². The van der Waals surface area contributed by atoms with Crippen molar-refractivity contribution in [2.45, 2.75) is 26.7 Å². The molecule has 3 N–H and O–H groups in total. The number of nitrogens with zero attached hydrogens (tertiary/aromatic N) is 1. The molecule has 0 unspecified atom stereocenters. The molecular formula is C17H20FN3O2. The van der Waals surface area contributed by atoms with Gasteiger partial charge in [0, 0.05) is 5.69 Å². The Morgan fingerprint density at radius 1 is 1.35 bits per heavy atom. The number of benzene rings is 1. The van der Waals surface area contributed by atoms with Crippen LogP contribution in [0.25, 0.3) is 0 Å². The summed E-state index contributed by atoms with van der Waals surface area (Å²) in [4.78, 5) is 16.3. The summed E-state index contributed by atoms with van der Waals surface area (Å²) in [6.07, 6.45) is 1.79. The third-order valence-corrected chi connectivity index (χ3v) is 3.28. The summed E-state index contributed by atoms with van der Waals surface area (Å²) >= 11 is 0. The van der Waals surface area contributed by atoms with E-state index in [-0.39, 0.29) is 22.8 Å². The van der Waals surface area contributed by atoms with Gasteiger partial charge < -0.3 is 15.8 Å². The third kappa shape index (κ3) is 4.18. The molecule has 0 atom stereocenters. The van der Waals surface area contributed by atoms with E-state index in [1.54, 1.807) is 25.1 Å². The minimum atomic E-state index is -0.601. The van der Waals surface area contributed by atoms with Crippen molar-refractivity contribution in [3.8, 4) is 5.75 Å². The molecule has 0 fully saturated rings. The van der Waals surface area contributed by atoms with Gasteiger partial charge in [0.2, 0.25) is 0 Å². The third-order valence-electron chi connectivity index (χ3n) is 3.28. The van der Waals surface area contributed by atoms with Crippen LogP contribution < -0.4 is 15.8 Å². The molecule has 0 radical (unpaired) electrons. The highest BCUT2D eigenvalue weighted by atomic mass is 19.1. The first-order valence-electron chi connectivity index (χ1n) is 7.48. The molecule has 5 nitrogen and oxygen atoms in total. The van der Waals surface area contributed by atoms with Crippen LogP contribution in [0.5, 0.6) is 5.75 Å². The average molecular weight is 317 g/mol. The number of carbonyl (C=O) groups excluding carboxylic acids is 1. The SMILES string of the molecule is CCCCOc1cccc(NC(=O)c2ccc(C)nc2N)c1F. The lowest BCUT2D eigenvalue weighted by atomic mass is 10.2. The summed E-state index contributed by atoms with van der Waals surface area (Å²) in [7, 11) is 0. The van der Waals surface area contributed by atoms with Gasteiger partial charge in [-0.15, -0.1) is 0 Å². The fraction of sp³-hybridized carbons (Fsp3) is 0.294. The van der Waals surface area contributed by atoms with Crippen molar-refractivity contribution in [2.75, 3.05) is 17.7 Å². The quantitative estimate of drug-likeness (QED) is 0.799. The van der Waals surface area contributed by atoms with Crippen LogP contribution in [-0.2, 0) is 0 Å². The first-order valence-corrected chi connectivity index (χ1v) is 7.48. The molecule has 0 bridgehead atoms. The molecule has 2 aromatic rings. The van der Waals surface area contributed by atoms with Gasteiger partial charge in [0.15, 0.2) is 11.6 Å². The standard InChI is InChI=1S/C17H20FN3O2/c1-3-4-10-23-14-7-5-6-13(15(14)18)21-17(22)12-9-8-11(2)20-16(12)19/h5-9H,3-4,10H2,1-2H3,(H2,19,20)(H,21,22). The fourth-order valence-corrected chi connectivity index (χ4v) is 2.00. The normalized spacial score (nSPS) is 10.4. The maximum Gasteiger partial charge on any atom is 0.259 e. The molecule has 1 amide bonds. The van der Waals surface area contributed by atoms with E-state index in [1.165, 1.54) is 12.1 Å². The summed E-state index contributed by atoms with van der Waals surface area (Å²) in [6.45, 7) is 4.23. The highest BCUT2D eigenvalue weighted by Crippen LogP contribution is 2.25. The van der Waals surface area contributed by atoms with E-state index in [0.29, 0.717) is 12.3 Å². The summed E-state index contributed by atoms with van der Waals surface area (Å²) < 4.78 is 19.7. The van der Waals surface area contributed by atoms with Gasteiger partial charge in [-0.25, -0.2) is 9.37 Å².